The minimum absolute atomic E-state index is 0.136. The SMILES string of the molecule is CC(C)(C)Sc1cc(F)cc(I)c1. The van der Waals surface area contributed by atoms with Gasteiger partial charge in [-0.2, -0.15) is 0 Å². The van der Waals surface area contributed by atoms with Crippen LogP contribution < -0.4 is 0 Å². The van der Waals surface area contributed by atoms with Crippen LogP contribution in [-0.2, 0) is 0 Å². The molecule has 3 heteroatoms. The van der Waals surface area contributed by atoms with Gasteiger partial charge in [-0.15, -0.1) is 11.8 Å². The predicted molar refractivity (Wildman–Crippen MR) is 64.7 cm³/mol. The molecule has 0 saturated heterocycles. The Morgan fingerprint density at radius 2 is 1.85 bits per heavy atom. The first-order chi connectivity index (χ1) is 5.87. The van der Waals surface area contributed by atoms with Crippen LogP contribution in [0.5, 0.6) is 0 Å². The topological polar surface area (TPSA) is 0 Å². The molecule has 1 aromatic carbocycles. The fraction of sp³-hybridized carbons (Fsp3) is 0.400. The Morgan fingerprint density at radius 1 is 1.23 bits per heavy atom. The highest BCUT2D eigenvalue weighted by atomic mass is 127. The maximum atomic E-state index is 13.0. The Bertz CT molecular complexity index is 284. The van der Waals surface area contributed by atoms with E-state index < -0.39 is 0 Å². The van der Waals surface area contributed by atoms with Crippen molar-refractivity contribution in [3.8, 4) is 0 Å². The summed E-state index contributed by atoms with van der Waals surface area (Å²) in [4.78, 5) is 0.997. The maximum absolute atomic E-state index is 13.0. The normalized spacial score (nSPS) is 11.8. The van der Waals surface area contributed by atoms with E-state index in [9.17, 15) is 4.39 Å². The number of benzene rings is 1. The van der Waals surface area contributed by atoms with E-state index >= 15 is 0 Å². The van der Waals surface area contributed by atoms with Crippen molar-refractivity contribution < 1.29 is 4.39 Å². The van der Waals surface area contributed by atoms with Crippen molar-refractivity contribution in [1.29, 1.82) is 0 Å². The summed E-state index contributed by atoms with van der Waals surface area (Å²) in [5.41, 5.74) is 0. The van der Waals surface area contributed by atoms with Crippen molar-refractivity contribution in [2.45, 2.75) is 30.4 Å². The molecular weight excluding hydrogens is 298 g/mol. The second kappa shape index (κ2) is 4.17. The molecule has 0 spiro atoms. The molecule has 1 rings (SSSR count). The molecule has 72 valence electrons. The minimum Gasteiger partial charge on any atom is -0.207 e. The van der Waals surface area contributed by atoms with Gasteiger partial charge in [0.25, 0.3) is 0 Å². The third kappa shape index (κ3) is 4.31. The van der Waals surface area contributed by atoms with E-state index in [2.05, 4.69) is 43.4 Å². The molecule has 0 unspecified atom stereocenters. The van der Waals surface area contributed by atoms with Gasteiger partial charge < -0.3 is 0 Å². The summed E-state index contributed by atoms with van der Waals surface area (Å²) < 4.78 is 14.1. The number of hydrogen-bond acceptors (Lipinski definition) is 1. The summed E-state index contributed by atoms with van der Waals surface area (Å²) in [5.74, 6) is -0.154. The van der Waals surface area contributed by atoms with Crippen LogP contribution in [0, 0.1) is 9.39 Å². The van der Waals surface area contributed by atoms with E-state index in [1.165, 1.54) is 6.07 Å². The van der Waals surface area contributed by atoms with Crippen LogP contribution in [0.1, 0.15) is 20.8 Å². The van der Waals surface area contributed by atoms with Gasteiger partial charge in [0.1, 0.15) is 5.82 Å². The first kappa shape index (κ1) is 11.3. The predicted octanol–water partition coefficient (Wildman–Crippen LogP) is 4.32. The average Bonchev–Trinajstić information content (AvgIpc) is 1.78. The summed E-state index contributed by atoms with van der Waals surface area (Å²) in [6.07, 6.45) is 0. The Hall–Kier alpha value is 0.230. The van der Waals surface area contributed by atoms with Gasteiger partial charge in [0.15, 0.2) is 0 Å². The first-order valence-electron chi connectivity index (χ1n) is 4.02. The molecule has 0 N–H and O–H groups in total. The monoisotopic (exact) mass is 310 g/mol. The summed E-state index contributed by atoms with van der Waals surface area (Å²) >= 11 is 3.81. The lowest BCUT2D eigenvalue weighted by Gasteiger charge is -2.17. The third-order valence-corrected chi connectivity index (χ3v) is 2.97. The van der Waals surface area contributed by atoms with Gasteiger partial charge >= 0.3 is 0 Å². The lowest BCUT2D eigenvalue weighted by molar-refractivity contribution is 0.623. The van der Waals surface area contributed by atoms with Crippen LogP contribution in [0.15, 0.2) is 23.1 Å². The zero-order chi connectivity index (χ0) is 10.1. The number of thioether (sulfide) groups is 1. The molecule has 1 aromatic rings. The molecule has 0 nitrogen and oxygen atoms in total. The fourth-order valence-corrected chi connectivity index (χ4v) is 2.85. The summed E-state index contributed by atoms with van der Waals surface area (Å²) in [6, 6.07) is 5.12. The Labute approximate surface area is 96.4 Å². The van der Waals surface area contributed by atoms with Crippen LogP contribution in [0.25, 0.3) is 0 Å². The number of halogens is 2. The largest absolute Gasteiger partial charge is 0.207 e. The lowest BCUT2D eigenvalue weighted by atomic mass is 10.3. The zero-order valence-corrected chi connectivity index (χ0v) is 10.9. The molecule has 0 atom stereocenters. The van der Waals surface area contributed by atoms with Crippen LogP contribution in [-0.4, -0.2) is 4.75 Å². The first-order valence-corrected chi connectivity index (χ1v) is 5.91. The molecule has 0 radical (unpaired) electrons. The van der Waals surface area contributed by atoms with Crippen LogP contribution in [0.3, 0.4) is 0 Å². The summed E-state index contributed by atoms with van der Waals surface area (Å²) in [7, 11) is 0. The van der Waals surface area contributed by atoms with Gasteiger partial charge in [-0.05, 0) is 40.8 Å². The fourth-order valence-electron chi connectivity index (χ4n) is 0.941. The highest BCUT2D eigenvalue weighted by molar-refractivity contribution is 14.1. The molecule has 0 bridgehead atoms. The molecule has 0 aliphatic rings. The van der Waals surface area contributed by atoms with Gasteiger partial charge in [-0.1, -0.05) is 20.8 Å². The summed E-state index contributed by atoms with van der Waals surface area (Å²) in [6.45, 7) is 6.36. The van der Waals surface area contributed by atoms with Crippen molar-refractivity contribution in [3.05, 3.63) is 27.6 Å². The second-order valence-corrected chi connectivity index (χ2v) is 6.97. The highest BCUT2D eigenvalue weighted by Crippen LogP contribution is 2.32. The van der Waals surface area contributed by atoms with Gasteiger partial charge in [0, 0.05) is 13.2 Å². The van der Waals surface area contributed by atoms with E-state index in [0.29, 0.717) is 0 Å². The Balaban J connectivity index is 2.90. The van der Waals surface area contributed by atoms with Gasteiger partial charge in [-0.25, -0.2) is 4.39 Å². The molecule has 0 saturated carbocycles. The Morgan fingerprint density at radius 3 is 2.31 bits per heavy atom. The van der Waals surface area contributed by atoms with E-state index in [-0.39, 0.29) is 10.6 Å². The third-order valence-electron chi connectivity index (χ3n) is 1.26. The molecule has 0 aliphatic heterocycles. The summed E-state index contributed by atoms with van der Waals surface area (Å²) in [5, 5.41) is 0. The molecular formula is C10H12FIS. The molecule has 0 aliphatic carbocycles. The van der Waals surface area contributed by atoms with Crippen molar-refractivity contribution in [3.63, 3.8) is 0 Å². The van der Waals surface area contributed by atoms with Crippen LogP contribution >= 0.6 is 34.4 Å². The molecule has 0 heterocycles. The second-order valence-electron chi connectivity index (χ2n) is 3.82. The minimum atomic E-state index is -0.154. The molecule has 0 fully saturated rings. The quantitative estimate of drug-likeness (QED) is 0.550. The van der Waals surface area contributed by atoms with Crippen molar-refractivity contribution in [2.75, 3.05) is 0 Å². The van der Waals surface area contributed by atoms with E-state index in [1.807, 2.05) is 6.07 Å². The standard InChI is InChI=1S/C10H12FIS/c1-10(2,3)13-9-5-7(11)4-8(12)6-9/h4-6H,1-3H3. The van der Waals surface area contributed by atoms with E-state index in [1.54, 1.807) is 17.8 Å². The number of rotatable bonds is 1. The van der Waals surface area contributed by atoms with Gasteiger partial charge in [-0.3, -0.25) is 0 Å². The van der Waals surface area contributed by atoms with Crippen molar-refractivity contribution in [2.24, 2.45) is 0 Å². The molecule has 0 amide bonds. The Kier molecular flexibility index (Phi) is 3.63. The molecule has 13 heavy (non-hydrogen) atoms. The van der Waals surface area contributed by atoms with Gasteiger partial charge in [0.05, 0.1) is 0 Å². The van der Waals surface area contributed by atoms with Crippen molar-refractivity contribution in [1.82, 2.24) is 0 Å². The van der Waals surface area contributed by atoms with E-state index in [0.717, 1.165) is 8.47 Å². The highest BCUT2D eigenvalue weighted by Gasteiger charge is 2.12. The van der Waals surface area contributed by atoms with E-state index in [4.69, 9.17) is 0 Å². The van der Waals surface area contributed by atoms with Crippen LogP contribution in [0.2, 0.25) is 0 Å². The molecule has 0 aromatic heterocycles. The number of hydrogen-bond donors (Lipinski definition) is 0. The van der Waals surface area contributed by atoms with Crippen LogP contribution in [0.4, 0.5) is 4.39 Å². The zero-order valence-electron chi connectivity index (χ0n) is 7.90. The van der Waals surface area contributed by atoms with Crippen molar-refractivity contribution >= 4 is 34.4 Å². The van der Waals surface area contributed by atoms with Gasteiger partial charge in [0.2, 0.25) is 0 Å². The lowest BCUT2D eigenvalue weighted by Crippen LogP contribution is -2.06. The smallest absolute Gasteiger partial charge is 0.125 e. The maximum Gasteiger partial charge on any atom is 0.125 e. The average molecular weight is 310 g/mol.